The molecule has 0 bridgehead atoms. The molecule has 2 N–H and O–H groups in total. The molecular weight excluding hydrogens is 440 g/mol. The fraction of sp³-hybridized carbons (Fsp3) is 0.143. The Labute approximate surface area is 176 Å². The second-order valence-electron chi connectivity index (χ2n) is 5.91. The van der Waals surface area contributed by atoms with E-state index in [-0.39, 0.29) is 18.4 Å². The number of thioether (sulfide) groups is 1. The van der Waals surface area contributed by atoms with Gasteiger partial charge >= 0.3 is 0 Å². The van der Waals surface area contributed by atoms with Gasteiger partial charge in [0.1, 0.15) is 5.76 Å². The third-order valence-corrected chi connectivity index (χ3v) is 5.40. The van der Waals surface area contributed by atoms with Crippen LogP contribution in [0.15, 0.2) is 80.7 Å². The number of carbonyl (C=O) groups excluding carboxylic acids is 2. The van der Waals surface area contributed by atoms with Crippen LogP contribution < -0.4 is 10.6 Å². The minimum absolute atomic E-state index is 0.129. The fourth-order valence-electron chi connectivity index (χ4n) is 2.47. The van der Waals surface area contributed by atoms with E-state index >= 15 is 0 Å². The first kappa shape index (κ1) is 20.2. The number of halogens is 1. The standard InChI is InChI=1S/C21H19BrN2O3S/c22-15-7-9-17(10-8-15)28-13-11-20(25)24-19-6-2-1-5-18(19)21(26)23-14-16-4-3-12-27-16/h1-10,12H,11,13-14H2,(H,23,26)(H,24,25). The van der Waals surface area contributed by atoms with Crippen LogP contribution in [0.4, 0.5) is 5.69 Å². The van der Waals surface area contributed by atoms with Crippen LogP contribution in [0.3, 0.4) is 0 Å². The van der Waals surface area contributed by atoms with Gasteiger partial charge in [-0.05, 0) is 48.5 Å². The highest BCUT2D eigenvalue weighted by molar-refractivity contribution is 9.10. The van der Waals surface area contributed by atoms with Gasteiger partial charge < -0.3 is 15.1 Å². The molecule has 0 aliphatic rings. The molecule has 3 aromatic rings. The Hall–Kier alpha value is -2.51. The smallest absolute Gasteiger partial charge is 0.253 e. The number of anilines is 1. The third kappa shape index (κ3) is 6.00. The highest BCUT2D eigenvalue weighted by Gasteiger charge is 2.13. The molecule has 1 heterocycles. The number of hydrogen-bond acceptors (Lipinski definition) is 4. The fourth-order valence-corrected chi connectivity index (χ4v) is 3.59. The average molecular weight is 459 g/mol. The maximum Gasteiger partial charge on any atom is 0.253 e. The summed E-state index contributed by atoms with van der Waals surface area (Å²) in [6.07, 6.45) is 1.91. The number of amides is 2. The lowest BCUT2D eigenvalue weighted by molar-refractivity contribution is -0.115. The molecule has 3 rings (SSSR count). The van der Waals surface area contributed by atoms with E-state index in [1.165, 1.54) is 0 Å². The Morgan fingerprint density at radius 3 is 2.54 bits per heavy atom. The molecule has 1 aromatic heterocycles. The van der Waals surface area contributed by atoms with Crippen molar-refractivity contribution in [3.63, 3.8) is 0 Å². The number of para-hydroxylation sites is 1. The Morgan fingerprint density at radius 1 is 1.00 bits per heavy atom. The summed E-state index contributed by atoms with van der Waals surface area (Å²) >= 11 is 5.02. The Balaban J connectivity index is 1.52. The van der Waals surface area contributed by atoms with E-state index in [9.17, 15) is 9.59 Å². The van der Waals surface area contributed by atoms with E-state index < -0.39 is 0 Å². The first-order valence-electron chi connectivity index (χ1n) is 8.69. The molecule has 0 spiro atoms. The van der Waals surface area contributed by atoms with Gasteiger partial charge in [-0.15, -0.1) is 11.8 Å². The van der Waals surface area contributed by atoms with Crippen molar-refractivity contribution in [2.45, 2.75) is 17.9 Å². The van der Waals surface area contributed by atoms with Gasteiger partial charge in [0, 0.05) is 21.5 Å². The molecule has 0 radical (unpaired) electrons. The molecule has 0 saturated carbocycles. The van der Waals surface area contributed by atoms with E-state index in [2.05, 4.69) is 26.6 Å². The van der Waals surface area contributed by atoms with Gasteiger partial charge in [0.2, 0.25) is 5.91 Å². The van der Waals surface area contributed by atoms with Gasteiger partial charge in [0.05, 0.1) is 24.1 Å². The predicted molar refractivity (Wildman–Crippen MR) is 114 cm³/mol. The zero-order valence-corrected chi connectivity index (χ0v) is 17.4. The summed E-state index contributed by atoms with van der Waals surface area (Å²) in [6.45, 7) is 0.290. The quantitative estimate of drug-likeness (QED) is 0.461. The molecular formula is C21H19BrN2O3S. The van der Waals surface area contributed by atoms with Crippen molar-refractivity contribution in [3.8, 4) is 0 Å². The second kappa shape index (κ2) is 10.1. The molecule has 0 atom stereocenters. The van der Waals surface area contributed by atoms with Crippen molar-refractivity contribution in [3.05, 3.63) is 82.7 Å². The van der Waals surface area contributed by atoms with Gasteiger partial charge in [-0.2, -0.15) is 0 Å². The number of rotatable bonds is 8. The Kier molecular flexibility index (Phi) is 7.33. The molecule has 0 saturated heterocycles. The average Bonchev–Trinajstić information content (AvgIpc) is 3.22. The van der Waals surface area contributed by atoms with Crippen LogP contribution in [-0.4, -0.2) is 17.6 Å². The van der Waals surface area contributed by atoms with E-state index in [0.29, 0.717) is 29.2 Å². The Bertz CT molecular complexity index is 927. The molecule has 0 unspecified atom stereocenters. The first-order valence-corrected chi connectivity index (χ1v) is 10.5. The number of furan rings is 1. The lowest BCUT2D eigenvalue weighted by atomic mass is 10.1. The van der Waals surface area contributed by atoms with E-state index in [1.54, 1.807) is 54.4 Å². The predicted octanol–water partition coefficient (Wildman–Crippen LogP) is 5.09. The summed E-state index contributed by atoms with van der Waals surface area (Å²) < 4.78 is 6.24. The summed E-state index contributed by atoms with van der Waals surface area (Å²) in [4.78, 5) is 25.9. The third-order valence-electron chi connectivity index (χ3n) is 3.86. The highest BCUT2D eigenvalue weighted by Crippen LogP contribution is 2.22. The van der Waals surface area contributed by atoms with Gasteiger partial charge in [-0.3, -0.25) is 9.59 Å². The van der Waals surface area contributed by atoms with E-state index in [0.717, 1.165) is 9.37 Å². The van der Waals surface area contributed by atoms with E-state index in [4.69, 9.17) is 4.42 Å². The summed E-state index contributed by atoms with van der Waals surface area (Å²) in [5, 5.41) is 5.63. The summed E-state index contributed by atoms with van der Waals surface area (Å²) in [6, 6.07) is 18.5. The SMILES string of the molecule is O=C(CCSc1ccc(Br)cc1)Nc1ccccc1C(=O)NCc1ccco1. The minimum atomic E-state index is -0.267. The lowest BCUT2D eigenvalue weighted by Crippen LogP contribution is -2.24. The topological polar surface area (TPSA) is 71.3 Å². The van der Waals surface area contributed by atoms with Crippen molar-refractivity contribution in [2.24, 2.45) is 0 Å². The van der Waals surface area contributed by atoms with Crippen LogP contribution in [0.1, 0.15) is 22.5 Å². The van der Waals surface area contributed by atoms with Crippen molar-refractivity contribution >= 4 is 45.2 Å². The maximum absolute atomic E-state index is 12.5. The Morgan fingerprint density at radius 2 is 1.79 bits per heavy atom. The number of carbonyl (C=O) groups is 2. The molecule has 0 fully saturated rings. The van der Waals surface area contributed by atoms with Crippen LogP contribution in [0.5, 0.6) is 0 Å². The largest absolute Gasteiger partial charge is 0.467 e. The number of benzene rings is 2. The van der Waals surface area contributed by atoms with Gasteiger partial charge in [-0.25, -0.2) is 0 Å². The van der Waals surface area contributed by atoms with Crippen LogP contribution in [0.2, 0.25) is 0 Å². The molecule has 28 heavy (non-hydrogen) atoms. The lowest BCUT2D eigenvalue weighted by Gasteiger charge is -2.11. The van der Waals surface area contributed by atoms with Crippen LogP contribution in [-0.2, 0) is 11.3 Å². The summed E-state index contributed by atoms with van der Waals surface area (Å²) in [5.41, 5.74) is 0.918. The normalized spacial score (nSPS) is 10.5. The van der Waals surface area contributed by atoms with Crippen molar-refractivity contribution in [2.75, 3.05) is 11.1 Å². The first-order chi connectivity index (χ1) is 13.6. The van der Waals surface area contributed by atoms with Crippen LogP contribution in [0, 0.1) is 0 Å². The molecule has 2 amide bonds. The summed E-state index contributed by atoms with van der Waals surface area (Å²) in [5.74, 6) is 0.924. The molecule has 5 nitrogen and oxygen atoms in total. The minimum Gasteiger partial charge on any atom is -0.467 e. The second-order valence-corrected chi connectivity index (χ2v) is 7.99. The van der Waals surface area contributed by atoms with Crippen LogP contribution >= 0.6 is 27.7 Å². The highest BCUT2D eigenvalue weighted by atomic mass is 79.9. The van der Waals surface area contributed by atoms with Gasteiger partial charge in [-0.1, -0.05) is 28.1 Å². The molecule has 0 aliphatic carbocycles. The molecule has 144 valence electrons. The van der Waals surface area contributed by atoms with Crippen molar-refractivity contribution < 1.29 is 14.0 Å². The van der Waals surface area contributed by atoms with E-state index in [1.807, 2.05) is 24.3 Å². The summed E-state index contributed by atoms with van der Waals surface area (Å²) in [7, 11) is 0. The molecule has 2 aromatic carbocycles. The van der Waals surface area contributed by atoms with Crippen molar-refractivity contribution in [1.29, 1.82) is 0 Å². The monoisotopic (exact) mass is 458 g/mol. The van der Waals surface area contributed by atoms with Gasteiger partial charge in [0.15, 0.2) is 0 Å². The van der Waals surface area contributed by atoms with Crippen LogP contribution in [0.25, 0.3) is 0 Å². The molecule has 7 heteroatoms. The molecule has 0 aliphatic heterocycles. The number of nitrogens with one attached hydrogen (secondary N) is 2. The number of hydrogen-bond donors (Lipinski definition) is 2. The van der Waals surface area contributed by atoms with Crippen molar-refractivity contribution in [1.82, 2.24) is 5.32 Å². The zero-order chi connectivity index (χ0) is 19.8. The van der Waals surface area contributed by atoms with Gasteiger partial charge in [0.25, 0.3) is 5.91 Å². The zero-order valence-electron chi connectivity index (χ0n) is 15.0. The maximum atomic E-state index is 12.5.